The Balaban J connectivity index is 2.86. The van der Waals surface area contributed by atoms with Crippen molar-refractivity contribution in [2.45, 2.75) is 13.5 Å². The van der Waals surface area contributed by atoms with Crippen LogP contribution in [-0.2, 0) is 11.3 Å². The van der Waals surface area contributed by atoms with E-state index in [4.69, 9.17) is 16.3 Å². The molecule has 0 amide bonds. The van der Waals surface area contributed by atoms with Gasteiger partial charge in [-0.15, -0.1) is 0 Å². The van der Waals surface area contributed by atoms with Crippen molar-refractivity contribution in [3.05, 3.63) is 34.3 Å². The van der Waals surface area contributed by atoms with Crippen LogP contribution in [0.4, 0.5) is 0 Å². The molecule has 0 aromatic heterocycles. The summed E-state index contributed by atoms with van der Waals surface area (Å²) in [6.07, 6.45) is 0. The molecule has 0 atom stereocenters. The molecule has 0 N–H and O–H groups in total. The van der Waals surface area contributed by atoms with Gasteiger partial charge in [-0.1, -0.05) is 11.6 Å². The fraction of sp³-hybridized carbons (Fsp3) is 0.333. The molecule has 0 saturated carbocycles. The fourth-order valence-corrected chi connectivity index (χ4v) is 1.03. The third-order valence-electron chi connectivity index (χ3n) is 1.46. The average Bonchev–Trinajstić information content (AvgIpc) is 1.98. The van der Waals surface area contributed by atoms with Crippen LogP contribution in [0.5, 0.6) is 0 Å². The summed E-state index contributed by atoms with van der Waals surface area (Å²) >= 11 is 5.86. The highest BCUT2D eigenvalue weighted by atomic mass is 35.5. The van der Waals surface area contributed by atoms with E-state index in [1.165, 1.54) is 0 Å². The average molecular weight is 170 g/mol. The van der Waals surface area contributed by atoms with Gasteiger partial charge in [-0.25, -0.2) is 0 Å². The molecule has 1 nitrogen and oxygen atoms in total. The van der Waals surface area contributed by atoms with Crippen LogP contribution in [0.15, 0.2) is 12.1 Å². The van der Waals surface area contributed by atoms with E-state index in [1.54, 1.807) is 7.11 Å². The zero-order valence-electron chi connectivity index (χ0n) is 6.65. The van der Waals surface area contributed by atoms with E-state index in [0.29, 0.717) is 6.61 Å². The Morgan fingerprint density at radius 2 is 2.36 bits per heavy atom. The summed E-state index contributed by atoms with van der Waals surface area (Å²) in [5.74, 6) is 0. The first kappa shape index (κ1) is 8.57. The number of rotatable bonds is 2. The van der Waals surface area contributed by atoms with Gasteiger partial charge in [0.05, 0.1) is 6.61 Å². The second kappa shape index (κ2) is 3.74. The number of hydrogen-bond donors (Lipinski definition) is 0. The first-order chi connectivity index (χ1) is 5.24. The number of ether oxygens (including phenoxy) is 1. The Labute approximate surface area is 71.9 Å². The van der Waals surface area contributed by atoms with E-state index in [-0.39, 0.29) is 0 Å². The summed E-state index contributed by atoms with van der Waals surface area (Å²) in [7, 11) is 1.66. The highest BCUT2D eigenvalue weighted by Crippen LogP contribution is 2.16. The summed E-state index contributed by atoms with van der Waals surface area (Å²) in [5.41, 5.74) is 2.04. The van der Waals surface area contributed by atoms with Gasteiger partial charge in [0.1, 0.15) is 0 Å². The molecule has 1 radical (unpaired) electrons. The molecule has 59 valence electrons. The molecule has 0 fully saturated rings. The lowest BCUT2D eigenvalue weighted by molar-refractivity contribution is 0.185. The molecule has 1 aromatic rings. The van der Waals surface area contributed by atoms with E-state index in [1.807, 2.05) is 19.1 Å². The van der Waals surface area contributed by atoms with Gasteiger partial charge in [-0.3, -0.25) is 0 Å². The minimum absolute atomic E-state index is 0.594. The number of hydrogen-bond acceptors (Lipinski definition) is 1. The van der Waals surface area contributed by atoms with Gasteiger partial charge in [0.25, 0.3) is 0 Å². The van der Waals surface area contributed by atoms with Crippen LogP contribution in [0.3, 0.4) is 0 Å². The zero-order valence-corrected chi connectivity index (χ0v) is 7.40. The Bertz CT molecular complexity index is 245. The van der Waals surface area contributed by atoms with E-state index in [0.717, 1.165) is 16.1 Å². The lowest BCUT2D eigenvalue weighted by Gasteiger charge is -2.01. The van der Waals surface area contributed by atoms with Crippen molar-refractivity contribution >= 4 is 11.6 Å². The molecule has 1 aromatic carbocycles. The lowest BCUT2D eigenvalue weighted by atomic mass is 10.2. The van der Waals surface area contributed by atoms with Gasteiger partial charge < -0.3 is 4.74 Å². The van der Waals surface area contributed by atoms with Gasteiger partial charge in [0.15, 0.2) is 0 Å². The molecule has 0 saturated heterocycles. The first-order valence-corrected chi connectivity index (χ1v) is 3.77. The standard InChI is InChI=1S/C9H10ClO/c1-7-3-4-8(6-11-2)5-9(7)10/h4-5H,6H2,1-2H3. The molecule has 0 unspecified atom stereocenters. The summed E-state index contributed by atoms with van der Waals surface area (Å²) in [5, 5.41) is 0.750. The second-order valence-corrected chi connectivity index (χ2v) is 2.82. The smallest absolute Gasteiger partial charge is 0.0713 e. The maximum absolute atomic E-state index is 5.86. The quantitative estimate of drug-likeness (QED) is 0.662. The van der Waals surface area contributed by atoms with Crippen LogP contribution in [0.25, 0.3) is 0 Å². The van der Waals surface area contributed by atoms with Crippen LogP contribution in [0.2, 0.25) is 5.02 Å². The summed E-state index contributed by atoms with van der Waals surface area (Å²) in [6, 6.07) is 6.83. The number of halogens is 1. The zero-order chi connectivity index (χ0) is 8.27. The van der Waals surface area contributed by atoms with Crippen molar-refractivity contribution in [2.75, 3.05) is 7.11 Å². The van der Waals surface area contributed by atoms with Crippen molar-refractivity contribution < 1.29 is 4.74 Å². The molecule has 2 heteroatoms. The first-order valence-electron chi connectivity index (χ1n) is 3.39. The third kappa shape index (κ3) is 2.21. The minimum Gasteiger partial charge on any atom is -0.380 e. The maximum Gasteiger partial charge on any atom is 0.0713 e. The summed E-state index contributed by atoms with van der Waals surface area (Å²) in [6.45, 7) is 2.52. The number of benzene rings is 1. The predicted octanol–water partition coefficient (Wildman–Crippen LogP) is 2.60. The predicted molar refractivity (Wildman–Crippen MR) is 45.7 cm³/mol. The largest absolute Gasteiger partial charge is 0.380 e. The molecule has 0 spiro atoms. The molecular weight excluding hydrogens is 160 g/mol. The monoisotopic (exact) mass is 169 g/mol. The molecule has 0 aliphatic heterocycles. The Hall–Kier alpha value is -0.530. The van der Waals surface area contributed by atoms with E-state index in [2.05, 4.69) is 6.07 Å². The highest BCUT2D eigenvalue weighted by Gasteiger charge is 1.96. The SMILES string of the molecule is COCc1c[c]c(C)c(Cl)c1. The molecule has 11 heavy (non-hydrogen) atoms. The molecule has 0 bridgehead atoms. The number of methoxy groups -OCH3 is 1. The van der Waals surface area contributed by atoms with Crippen molar-refractivity contribution in [3.8, 4) is 0 Å². The van der Waals surface area contributed by atoms with Gasteiger partial charge in [0, 0.05) is 12.1 Å². The van der Waals surface area contributed by atoms with Gasteiger partial charge in [-0.05, 0) is 36.2 Å². The van der Waals surface area contributed by atoms with E-state index >= 15 is 0 Å². The van der Waals surface area contributed by atoms with Gasteiger partial charge in [-0.2, -0.15) is 0 Å². The van der Waals surface area contributed by atoms with Crippen LogP contribution < -0.4 is 0 Å². The van der Waals surface area contributed by atoms with Crippen LogP contribution in [0, 0.1) is 13.0 Å². The van der Waals surface area contributed by atoms with Crippen LogP contribution in [-0.4, -0.2) is 7.11 Å². The van der Waals surface area contributed by atoms with E-state index in [9.17, 15) is 0 Å². The Morgan fingerprint density at radius 3 is 2.91 bits per heavy atom. The Kier molecular flexibility index (Phi) is 2.92. The van der Waals surface area contributed by atoms with Crippen molar-refractivity contribution in [2.24, 2.45) is 0 Å². The van der Waals surface area contributed by atoms with Crippen LogP contribution >= 0.6 is 11.6 Å². The van der Waals surface area contributed by atoms with Crippen molar-refractivity contribution in [1.82, 2.24) is 0 Å². The molecule has 0 aliphatic rings. The molecule has 1 rings (SSSR count). The normalized spacial score (nSPS) is 10.1. The van der Waals surface area contributed by atoms with E-state index < -0.39 is 0 Å². The van der Waals surface area contributed by atoms with Crippen LogP contribution in [0.1, 0.15) is 11.1 Å². The van der Waals surface area contributed by atoms with Gasteiger partial charge >= 0.3 is 0 Å². The third-order valence-corrected chi connectivity index (χ3v) is 1.85. The van der Waals surface area contributed by atoms with Gasteiger partial charge in [0.2, 0.25) is 0 Å². The topological polar surface area (TPSA) is 9.23 Å². The second-order valence-electron chi connectivity index (χ2n) is 2.41. The van der Waals surface area contributed by atoms with Crippen molar-refractivity contribution in [3.63, 3.8) is 0 Å². The molecular formula is C9H10ClO. The number of aryl methyl sites for hydroxylation is 1. The fourth-order valence-electron chi connectivity index (χ4n) is 0.833. The summed E-state index contributed by atoms with van der Waals surface area (Å²) < 4.78 is 4.94. The minimum atomic E-state index is 0.594. The Morgan fingerprint density at radius 1 is 1.64 bits per heavy atom. The summed E-state index contributed by atoms with van der Waals surface area (Å²) in [4.78, 5) is 0. The lowest BCUT2D eigenvalue weighted by Crippen LogP contribution is -1.87. The highest BCUT2D eigenvalue weighted by molar-refractivity contribution is 6.31. The maximum atomic E-state index is 5.86. The molecule has 0 aliphatic carbocycles. The van der Waals surface area contributed by atoms with Crippen molar-refractivity contribution in [1.29, 1.82) is 0 Å². The molecule has 0 heterocycles.